The summed E-state index contributed by atoms with van der Waals surface area (Å²) >= 11 is 3.23. The predicted molar refractivity (Wildman–Crippen MR) is 118 cm³/mol. The lowest BCUT2D eigenvalue weighted by molar-refractivity contribution is 0.611. The average Bonchev–Trinajstić information content (AvgIpc) is 2.76. The number of rotatable bonds is 5. The van der Waals surface area contributed by atoms with Gasteiger partial charge in [-0.05, 0) is 18.2 Å². The van der Waals surface area contributed by atoms with Gasteiger partial charge >= 0.3 is 0 Å². The first kappa shape index (κ1) is 19.7. The first-order valence-electron chi connectivity index (χ1n) is 9.16. The highest BCUT2D eigenvalue weighted by molar-refractivity contribution is 8.00. The minimum absolute atomic E-state index is 0.323. The van der Waals surface area contributed by atoms with Crippen molar-refractivity contribution in [3.63, 3.8) is 0 Å². The maximum Gasteiger partial charge on any atom is 0.194 e. The maximum absolute atomic E-state index is 5.87. The quantitative estimate of drug-likeness (QED) is 0.327. The van der Waals surface area contributed by atoms with E-state index in [9.17, 15) is 0 Å². The van der Waals surface area contributed by atoms with E-state index in [1.54, 1.807) is 36.9 Å². The number of nitrogens with zero attached hydrogens (tertiary/aromatic N) is 4. The van der Waals surface area contributed by atoms with Crippen molar-refractivity contribution >= 4 is 35.3 Å². The average molecular weight is 424 g/mol. The normalized spacial score (nSPS) is 13.8. The Morgan fingerprint density at radius 2 is 2.00 bits per heavy atom. The molecule has 3 heterocycles. The van der Waals surface area contributed by atoms with Crippen molar-refractivity contribution in [2.75, 3.05) is 18.9 Å². The summed E-state index contributed by atoms with van der Waals surface area (Å²) in [5, 5.41) is 7.44. The molecule has 4 N–H and O–H groups in total. The van der Waals surface area contributed by atoms with Crippen LogP contribution in [-0.2, 0) is 13.0 Å². The molecule has 148 valence electrons. The van der Waals surface area contributed by atoms with E-state index in [0.717, 1.165) is 44.9 Å². The molecule has 29 heavy (non-hydrogen) atoms. The fourth-order valence-electron chi connectivity index (χ4n) is 2.89. The molecule has 0 fully saturated rings. The van der Waals surface area contributed by atoms with Crippen molar-refractivity contribution in [1.82, 2.24) is 20.3 Å². The Morgan fingerprint density at radius 3 is 2.83 bits per heavy atom. The van der Waals surface area contributed by atoms with Gasteiger partial charge in [0.05, 0.1) is 10.6 Å². The van der Waals surface area contributed by atoms with Crippen LogP contribution in [0.15, 0.2) is 73.6 Å². The molecule has 4 rings (SSSR count). The van der Waals surface area contributed by atoms with Crippen LogP contribution < -0.4 is 16.4 Å². The summed E-state index contributed by atoms with van der Waals surface area (Å²) in [4.78, 5) is 20.6. The molecule has 9 heteroatoms. The van der Waals surface area contributed by atoms with Crippen LogP contribution >= 0.6 is 23.5 Å². The summed E-state index contributed by atoms with van der Waals surface area (Å²) in [6.07, 6.45) is 4.40. The maximum atomic E-state index is 5.87. The lowest BCUT2D eigenvalue weighted by Gasteiger charge is -2.18. The molecule has 0 amide bonds. The number of aliphatic imine (C=N–C) groups is 1. The molecule has 0 saturated heterocycles. The fraction of sp³-hybridized carbons (Fsp3) is 0.200. The number of fused-ring (bicyclic) bond motifs is 1. The summed E-state index contributed by atoms with van der Waals surface area (Å²) in [5.41, 5.74) is 8.16. The topological polar surface area (TPSA) is 101 Å². The number of nitrogens with one attached hydrogen (secondary N) is 2. The van der Waals surface area contributed by atoms with Gasteiger partial charge in [-0.3, -0.25) is 4.99 Å². The fourth-order valence-corrected chi connectivity index (χ4v) is 4.82. The number of guanidine groups is 1. The zero-order valence-corrected chi connectivity index (χ0v) is 17.6. The van der Waals surface area contributed by atoms with Crippen LogP contribution in [-0.4, -0.2) is 34.5 Å². The predicted octanol–water partition coefficient (Wildman–Crippen LogP) is 3.18. The van der Waals surface area contributed by atoms with E-state index in [-0.39, 0.29) is 0 Å². The van der Waals surface area contributed by atoms with Gasteiger partial charge < -0.3 is 16.4 Å². The number of anilines is 1. The zero-order valence-electron chi connectivity index (χ0n) is 15.9. The zero-order chi connectivity index (χ0) is 20.1. The van der Waals surface area contributed by atoms with Gasteiger partial charge in [-0.15, -0.1) is 0 Å². The highest BCUT2D eigenvalue weighted by Crippen LogP contribution is 2.37. The van der Waals surface area contributed by atoms with E-state index in [1.807, 2.05) is 24.4 Å². The monoisotopic (exact) mass is 423 g/mol. The third-order valence-electron chi connectivity index (χ3n) is 4.34. The van der Waals surface area contributed by atoms with Crippen LogP contribution in [0.2, 0.25) is 0 Å². The lowest BCUT2D eigenvalue weighted by Crippen LogP contribution is -2.25. The molecule has 0 spiro atoms. The number of benzene rings is 1. The summed E-state index contributed by atoms with van der Waals surface area (Å²) in [5.74, 6) is 1.00. The molecule has 0 unspecified atom stereocenters. The highest BCUT2D eigenvalue weighted by atomic mass is 32.2. The molecule has 0 aliphatic carbocycles. The van der Waals surface area contributed by atoms with Crippen LogP contribution in [0.1, 0.15) is 11.3 Å². The number of hydrogen-bond acceptors (Lipinski definition) is 7. The summed E-state index contributed by atoms with van der Waals surface area (Å²) < 4.78 is 0. The standard InChI is InChI=1S/C20H21N7S2/c1-22-20(21)27-18-17(28-13-5-3-2-4-6-13)9-14(10-24-18)29-19-15-11-23-8-7-16(15)25-12-26-19/h2-6,9-10,12,23H,7-8,11H2,1H3,(H3,21,22,24,27). The second kappa shape index (κ2) is 9.25. The van der Waals surface area contributed by atoms with Crippen molar-refractivity contribution in [3.8, 4) is 0 Å². The van der Waals surface area contributed by atoms with Gasteiger partial charge in [0, 0.05) is 48.1 Å². The first-order chi connectivity index (χ1) is 14.2. The Labute approximate surface area is 178 Å². The minimum Gasteiger partial charge on any atom is -0.370 e. The molecule has 3 aromatic rings. The van der Waals surface area contributed by atoms with Crippen LogP contribution in [0.5, 0.6) is 0 Å². The van der Waals surface area contributed by atoms with E-state index >= 15 is 0 Å². The molecular formula is C20H21N7S2. The second-order valence-corrected chi connectivity index (χ2v) is 8.48. The van der Waals surface area contributed by atoms with Crippen molar-refractivity contribution in [1.29, 1.82) is 0 Å². The third kappa shape index (κ3) is 4.87. The number of pyridine rings is 1. The van der Waals surface area contributed by atoms with E-state index in [1.165, 1.54) is 5.56 Å². The lowest BCUT2D eigenvalue weighted by atomic mass is 10.1. The molecule has 0 radical (unpaired) electrons. The van der Waals surface area contributed by atoms with Crippen LogP contribution in [0.4, 0.5) is 5.82 Å². The van der Waals surface area contributed by atoms with E-state index < -0.39 is 0 Å². The van der Waals surface area contributed by atoms with Gasteiger partial charge in [-0.1, -0.05) is 41.7 Å². The highest BCUT2D eigenvalue weighted by Gasteiger charge is 2.17. The van der Waals surface area contributed by atoms with Gasteiger partial charge in [-0.25, -0.2) is 15.0 Å². The van der Waals surface area contributed by atoms with Gasteiger partial charge in [0.15, 0.2) is 5.96 Å². The van der Waals surface area contributed by atoms with Crippen LogP contribution in [0.25, 0.3) is 0 Å². The second-order valence-electron chi connectivity index (χ2n) is 6.30. The van der Waals surface area contributed by atoms with E-state index in [0.29, 0.717) is 11.8 Å². The summed E-state index contributed by atoms with van der Waals surface area (Å²) in [7, 11) is 1.64. The van der Waals surface area contributed by atoms with Crippen LogP contribution in [0.3, 0.4) is 0 Å². The Bertz CT molecular complexity index is 1020. The Balaban J connectivity index is 1.65. The van der Waals surface area contributed by atoms with E-state index in [4.69, 9.17) is 5.73 Å². The van der Waals surface area contributed by atoms with Crippen molar-refractivity contribution in [2.45, 2.75) is 32.7 Å². The largest absolute Gasteiger partial charge is 0.370 e. The van der Waals surface area contributed by atoms with Crippen molar-refractivity contribution < 1.29 is 0 Å². The van der Waals surface area contributed by atoms with Gasteiger partial charge in [0.1, 0.15) is 17.2 Å². The summed E-state index contributed by atoms with van der Waals surface area (Å²) in [6, 6.07) is 12.3. The molecule has 7 nitrogen and oxygen atoms in total. The molecule has 2 aromatic heterocycles. The SMILES string of the molecule is CN=C(N)Nc1ncc(Sc2ncnc3c2CNCC3)cc1Sc1ccccc1. The summed E-state index contributed by atoms with van der Waals surface area (Å²) in [6.45, 7) is 1.75. The Hall–Kier alpha value is -2.62. The van der Waals surface area contributed by atoms with Crippen molar-refractivity contribution in [3.05, 3.63) is 60.2 Å². The van der Waals surface area contributed by atoms with Gasteiger partial charge in [0.25, 0.3) is 0 Å². The smallest absolute Gasteiger partial charge is 0.194 e. The Kier molecular flexibility index (Phi) is 6.28. The molecule has 0 atom stereocenters. The van der Waals surface area contributed by atoms with Crippen molar-refractivity contribution in [2.24, 2.45) is 10.7 Å². The Morgan fingerprint density at radius 1 is 1.14 bits per heavy atom. The molecule has 1 aromatic carbocycles. The molecule has 0 bridgehead atoms. The number of hydrogen-bond donors (Lipinski definition) is 3. The third-order valence-corrected chi connectivity index (χ3v) is 6.38. The first-order valence-corrected chi connectivity index (χ1v) is 10.8. The minimum atomic E-state index is 0.323. The molecule has 1 aliphatic rings. The van der Waals surface area contributed by atoms with Gasteiger partial charge in [-0.2, -0.15) is 0 Å². The van der Waals surface area contributed by atoms with Crippen LogP contribution in [0, 0.1) is 0 Å². The van der Waals surface area contributed by atoms with E-state index in [2.05, 4.69) is 48.8 Å². The number of aromatic nitrogens is 3. The molecular weight excluding hydrogens is 402 g/mol. The molecule has 0 saturated carbocycles. The molecule has 1 aliphatic heterocycles. The van der Waals surface area contributed by atoms with Gasteiger partial charge in [0.2, 0.25) is 0 Å². The number of nitrogens with two attached hydrogens (primary N) is 1.